The predicted molar refractivity (Wildman–Crippen MR) is 69.6 cm³/mol. The first-order chi connectivity index (χ1) is 7.70. The summed E-state index contributed by atoms with van der Waals surface area (Å²) in [5.41, 5.74) is 0. The van der Waals surface area contributed by atoms with Crippen LogP contribution in [-0.2, 0) is 0 Å². The summed E-state index contributed by atoms with van der Waals surface area (Å²) in [4.78, 5) is 2.62. The van der Waals surface area contributed by atoms with Crippen molar-refractivity contribution in [2.45, 2.75) is 57.5 Å². The lowest BCUT2D eigenvalue weighted by atomic mass is 9.86. The Labute approximate surface area is 101 Å². The van der Waals surface area contributed by atoms with Crippen LogP contribution in [-0.4, -0.2) is 37.6 Å². The first-order valence-corrected chi connectivity index (χ1v) is 7.08. The summed E-state index contributed by atoms with van der Waals surface area (Å²) < 4.78 is 0. The molecule has 0 aromatic heterocycles. The molecule has 2 nitrogen and oxygen atoms in total. The maximum atomic E-state index is 3.50. The van der Waals surface area contributed by atoms with Gasteiger partial charge in [0, 0.05) is 18.6 Å². The maximum Gasteiger partial charge on any atom is 0.0220 e. The number of hydrogen-bond acceptors (Lipinski definition) is 2. The van der Waals surface area contributed by atoms with Gasteiger partial charge in [0.2, 0.25) is 0 Å². The van der Waals surface area contributed by atoms with E-state index in [2.05, 4.69) is 31.2 Å². The quantitative estimate of drug-likeness (QED) is 0.772. The van der Waals surface area contributed by atoms with Gasteiger partial charge in [0.1, 0.15) is 0 Å². The normalized spacial score (nSPS) is 33.0. The molecule has 0 bridgehead atoms. The van der Waals surface area contributed by atoms with E-state index in [1.807, 2.05) is 0 Å². The van der Waals surface area contributed by atoms with Crippen LogP contribution in [0.1, 0.15) is 45.4 Å². The number of hydrogen-bond donors (Lipinski definition) is 1. The van der Waals surface area contributed by atoms with Crippen LogP contribution in [0.4, 0.5) is 0 Å². The van der Waals surface area contributed by atoms with Crippen LogP contribution in [0.5, 0.6) is 0 Å². The lowest BCUT2D eigenvalue weighted by Crippen LogP contribution is -2.44. The molecule has 2 saturated carbocycles. The smallest absolute Gasteiger partial charge is 0.0220 e. The molecular weight excluding hydrogens is 196 g/mol. The molecule has 1 N–H and O–H groups in total. The van der Waals surface area contributed by atoms with Crippen molar-refractivity contribution in [2.75, 3.05) is 20.6 Å². The van der Waals surface area contributed by atoms with E-state index in [9.17, 15) is 0 Å². The molecule has 2 rings (SSSR count). The standard InChI is InChI=1S/C14H28N2/c1-11-5-4-6-13(9-11)16(3)10-14(15-2)12-7-8-12/h11-15H,4-10H2,1-3H3. The molecular formula is C14H28N2. The molecule has 0 radical (unpaired) electrons. The maximum absolute atomic E-state index is 3.50. The Morgan fingerprint density at radius 3 is 2.56 bits per heavy atom. The van der Waals surface area contributed by atoms with E-state index in [1.54, 1.807) is 0 Å². The van der Waals surface area contributed by atoms with Crippen LogP contribution in [0.25, 0.3) is 0 Å². The summed E-state index contributed by atoms with van der Waals surface area (Å²) in [7, 11) is 4.45. The fourth-order valence-electron chi connectivity index (χ4n) is 3.24. The largest absolute Gasteiger partial charge is 0.315 e. The van der Waals surface area contributed by atoms with E-state index >= 15 is 0 Å². The molecule has 2 heteroatoms. The Kier molecular flexibility index (Phi) is 4.26. The molecule has 0 heterocycles. The van der Waals surface area contributed by atoms with Crippen molar-refractivity contribution < 1.29 is 0 Å². The molecule has 0 amide bonds. The Hall–Kier alpha value is -0.0800. The van der Waals surface area contributed by atoms with Crippen LogP contribution < -0.4 is 5.32 Å². The average molecular weight is 224 g/mol. The SMILES string of the molecule is CNC(CN(C)C1CCCC(C)C1)C1CC1. The zero-order chi connectivity index (χ0) is 11.5. The second-order valence-electron chi connectivity index (χ2n) is 6.10. The monoisotopic (exact) mass is 224 g/mol. The second kappa shape index (κ2) is 5.50. The van der Waals surface area contributed by atoms with Crippen molar-refractivity contribution in [2.24, 2.45) is 11.8 Å². The molecule has 16 heavy (non-hydrogen) atoms. The lowest BCUT2D eigenvalue weighted by Gasteiger charge is -2.36. The number of nitrogens with one attached hydrogen (secondary N) is 1. The first-order valence-electron chi connectivity index (χ1n) is 7.08. The molecule has 3 atom stereocenters. The van der Waals surface area contributed by atoms with Crippen molar-refractivity contribution in [1.82, 2.24) is 10.2 Å². The van der Waals surface area contributed by atoms with E-state index in [-0.39, 0.29) is 0 Å². The number of rotatable bonds is 5. The molecule has 0 spiro atoms. The highest BCUT2D eigenvalue weighted by atomic mass is 15.2. The van der Waals surface area contributed by atoms with Gasteiger partial charge in [-0.15, -0.1) is 0 Å². The summed E-state index contributed by atoms with van der Waals surface area (Å²) in [5, 5.41) is 3.50. The molecule has 0 aromatic carbocycles. The van der Waals surface area contributed by atoms with E-state index in [1.165, 1.54) is 45.1 Å². The van der Waals surface area contributed by atoms with Gasteiger partial charge >= 0.3 is 0 Å². The minimum Gasteiger partial charge on any atom is -0.315 e. The molecule has 0 aliphatic heterocycles. The fourth-order valence-corrected chi connectivity index (χ4v) is 3.24. The third-order valence-corrected chi connectivity index (χ3v) is 4.58. The Morgan fingerprint density at radius 1 is 1.25 bits per heavy atom. The van der Waals surface area contributed by atoms with Crippen LogP contribution in [0.15, 0.2) is 0 Å². The summed E-state index contributed by atoms with van der Waals surface area (Å²) in [5.74, 6) is 1.91. The van der Waals surface area contributed by atoms with E-state index < -0.39 is 0 Å². The molecule has 0 saturated heterocycles. The van der Waals surface area contributed by atoms with Crippen LogP contribution >= 0.6 is 0 Å². The minimum absolute atomic E-state index is 0.738. The van der Waals surface area contributed by atoms with Crippen molar-refractivity contribution in [3.63, 3.8) is 0 Å². The average Bonchev–Trinajstić information content (AvgIpc) is 3.09. The van der Waals surface area contributed by atoms with Crippen molar-refractivity contribution >= 4 is 0 Å². The van der Waals surface area contributed by atoms with E-state index in [0.717, 1.165) is 23.9 Å². The van der Waals surface area contributed by atoms with E-state index in [4.69, 9.17) is 0 Å². The number of nitrogens with zero attached hydrogens (tertiary/aromatic N) is 1. The van der Waals surface area contributed by atoms with Crippen molar-refractivity contribution in [3.05, 3.63) is 0 Å². The van der Waals surface area contributed by atoms with Gasteiger partial charge in [0.25, 0.3) is 0 Å². The topological polar surface area (TPSA) is 15.3 Å². The van der Waals surface area contributed by atoms with Gasteiger partial charge in [0.05, 0.1) is 0 Å². The van der Waals surface area contributed by atoms with Crippen LogP contribution in [0.3, 0.4) is 0 Å². The third kappa shape index (κ3) is 3.21. The van der Waals surface area contributed by atoms with Crippen molar-refractivity contribution in [1.29, 1.82) is 0 Å². The van der Waals surface area contributed by atoms with Crippen LogP contribution in [0, 0.1) is 11.8 Å². The molecule has 3 unspecified atom stereocenters. The van der Waals surface area contributed by atoms with Gasteiger partial charge < -0.3 is 10.2 Å². The highest BCUT2D eigenvalue weighted by Gasteiger charge is 2.32. The number of likely N-dealkylation sites (N-methyl/N-ethyl adjacent to an activating group) is 2. The van der Waals surface area contributed by atoms with Gasteiger partial charge in [-0.1, -0.05) is 19.8 Å². The summed E-state index contributed by atoms with van der Waals surface area (Å²) in [6.07, 6.45) is 8.60. The Morgan fingerprint density at radius 2 is 2.00 bits per heavy atom. The summed E-state index contributed by atoms with van der Waals surface area (Å²) in [6.45, 7) is 3.66. The third-order valence-electron chi connectivity index (χ3n) is 4.58. The van der Waals surface area contributed by atoms with Gasteiger partial charge in [0.15, 0.2) is 0 Å². The van der Waals surface area contributed by atoms with E-state index in [0.29, 0.717) is 0 Å². The zero-order valence-electron chi connectivity index (χ0n) is 11.2. The molecule has 2 fully saturated rings. The van der Waals surface area contributed by atoms with Gasteiger partial charge in [-0.2, -0.15) is 0 Å². The highest BCUT2D eigenvalue weighted by Crippen LogP contribution is 2.34. The Bertz CT molecular complexity index is 213. The van der Waals surface area contributed by atoms with Gasteiger partial charge in [-0.25, -0.2) is 0 Å². The molecule has 2 aliphatic rings. The summed E-state index contributed by atoms with van der Waals surface area (Å²) >= 11 is 0. The molecule has 0 aromatic rings. The van der Waals surface area contributed by atoms with Gasteiger partial charge in [-0.05, 0) is 51.6 Å². The van der Waals surface area contributed by atoms with Crippen LogP contribution in [0.2, 0.25) is 0 Å². The molecule has 94 valence electrons. The van der Waals surface area contributed by atoms with Crippen molar-refractivity contribution in [3.8, 4) is 0 Å². The highest BCUT2D eigenvalue weighted by molar-refractivity contribution is 4.89. The predicted octanol–water partition coefficient (Wildman–Crippen LogP) is 2.49. The lowest BCUT2D eigenvalue weighted by molar-refractivity contribution is 0.148. The summed E-state index contributed by atoms with van der Waals surface area (Å²) in [6, 6.07) is 1.58. The Balaban J connectivity index is 1.78. The van der Waals surface area contributed by atoms with Gasteiger partial charge in [-0.3, -0.25) is 0 Å². The molecule has 2 aliphatic carbocycles. The fraction of sp³-hybridized carbons (Fsp3) is 1.00. The minimum atomic E-state index is 0.738. The second-order valence-corrected chi connectivity index (χ2v) is 6.10. The zero-order valence-corrected chi connectivity index (χ0v) is 11.2. The first kappa shape index (κ1) is 12.4.